The summed E-state index contributed by atoms with van der Waals surface area (Å²) >= 11 is 0. The van der Waals surface area contributed by atoms with Gasteiger partial charge in [0.1, 0.15) is 0 Å². The van der Waals surface area contributed by atoms with E-state index in [4.69, 9.17) is 0 Å². The van der Waals surface area contributed by atoms with E-state index in [0.717, 1.165) is 0 Å². The summed E-state index contributed by atoms with van der Waals surface area (Å²) < 4.78 is 0. The smallest absolute Gasteiger partial charge is 1.00 e. The normalized spacial score (nSPS) is 0. The summed E-state index contributed by atoms with van der Waals surface area (Å²) in [5.74, 6) is 0. The van der Waals surface area contributed by atoms with E-state index in [1.807, 2.05) is 0 Å². The number of hydrogen-bond donors (Lipinski definition) is 0. The number of halogens is 4. The van der Waals surface area contributed by atoms with Crippen molar-refractivity contribution in [1.82, 2.24) is 0 Å². The number of rotatable bonds is 0. The zero-order chi connectivity index (χ0) is 0. The van der Waals surface area contributed by atoms with E-state index in [1.165, 1.54) is 0 Å². The summed E-state index contributed by atoms with van der Waals surface area (Å²) in [6, 6.07) is 0. The summed E-state index contributed by atoms with van der Waals surface area (Å²) in [4.78, 5) is 0. The molecule has 0 amide bonds. The zero-order valence-corrected chi connectivity index (χ0v) is 5.54. The topological polar surface area (TPSA) is 0 Å². The average molecular weight is 149 g/mol. The molecular weight excluding hydrogens is 149 g/mol. The van der Waals surface area contributed by atoms with Gasteiger partial charge >= 0.3 is 18.9 Å². The van der Waals surface area contributed by atoms with Crippen LogP contribution in [0, 0.1) is 0 Å². The quantitative estimate of drug-likeness (QED) is 0.300. The van der Waals surface area contributed by atoms with Crippen LogP contribution in [0.5, 0.6) is 0 Å². The molecule has 5 heteroatoms. The molecule has 0 N–H and O–H groups in total. The maximum absolute atomic E-state index is 0. The van der Waals surface area contributed by atoms with Crippen LogP contribution in [-0.2, 0) is 0 Å². The van der Waals surface area contributed by atoms with E-state index in [-0.39, 0.29) is 68.5 Å². The van der Waals surface area contributed by atoms with E-state index in [0.29, 0.717) is 0 Å². The van der Waals surface area contributed by atoms with Crippen LogP contribution in [0.25, 0.3) is 0 Å². The second-order valence-electron chi connectivity index (χ2n) is 0. The minimum Gasteiger partial charge on any atom is -1.00 e. The van der Waals surface area contributed by atoms with Gasteiger partial charge in [0.2, 0.25) is 0 Å². The van der Waals surface area contributed by atoms with Crippen LogP contribution in [0.15, 0.2) is 0 Å². The molecule has 32 valence electrons. The van der Waals surface area contributed by atoms with Gasteiger partial charge in [0.05, 0.1) is 0 Å². The van der Waals surface area contributed by atoms with E-state index in [9.17, 15) is 0 Å². The van der Waals surface area contributed by atoms with Crippen molar-refractivity contribution in [3.05, 3.63) is 0 Å². The van der Waals surface area contributed by atoms with Gasteiger partial charge in [-0.15, -0.1) is 0 Å². The minimum absolute atomic E-state index is 0. The summed E-state index contributed by atoms with van der Waals surface area (Å²) in [6.45, 7) is 0. The third-order valence-electron chi connectivity index (χ3n) is 0. The molecule has 0 aliphatic rings. The number of hydrogen-bond acceptors (Lipinski definition) is 0. The first-order chi connectivity index (χ1) is 0. The van der Waals surface area contributed by atoms with Crippen LogP contribution < -0.4 is 68.5 Å². The Hall–Kier alpha value is 1.76. The van der Waals surface area contributed by atoms with Gasteiger partial charge in [-0.2, -0.15) is 0 Å². The van der Waals surface area contributed by atoms with Gasteiger partial charge in [0.25, 0.3) is 0 Å². The van der Waals surface area contributed by atoms with Crippen molar-refractivity contribution >= 4 is 0 Å². The van der Waals surface area contributed by atoms with Crippen LogP contribution in [0.2, 0.25) is 0 Å². The molecule has 0 aromatic heterocycles. The van der Waals surface area contributed by atoms with Gasteiger partial charge in [0.15, 0.2) is 0 Å². The molecule has 0 bridgehead atoms. The maximum atomic E-state index is 0. The van der Waals surface area contributed by atoms with Gasteiger partial charge in [0, 0.05) is 0 Å². The Labute approximate surface area is 68.3 Å². The molecule has 0 spiro atoms. The second-order valence-corrected chi connectivity index (χ2v) is 0. The Balaban J connectivity index is 0. The fraction of sp³-hybridized carbons (Fsp3) is 0. The largest absolute Gasteiger partial charge is 1.00 e. The summed E-state index contributed by atoms with van der Waals surface area (Å²) in [5, 5.41) is 0. The van der Waals surface area contributed by atoms with Crippen molar-refractivity contribution in [3.63, 3.8) is 0 Å². The van der Waals surface area contributed by atoms with Crippen molar-refractivity contribution in [3.8, 4) is 0 Å². The Morgan fingerprint density at radius 2 is 0.400 bits per heavy atom. The van der Waals surface area contributed by atoms with Crippen LogP contribution >= 0.6 is 0 Å². The first-order valence-corrected chi connectivity index (χ1v) is 0. The first-order valence-electron chi connectivity index (χ1n) is 0. The Morgan fingerprint density at radius 3 is 0.400 bits per heavy atom. The maximum Gasteiger partial charge on any atom is 1.00 e. The van der Waals surface area contributed by atoms with Gasteiger partial charge in [-0.1, -0.05) is 0 Å². The molecule has 0 saturated carbocycles. The Bertz CT molecular complexity index is 3.61. The molecule has 0 nitrogen and oxygen atoms in total. The molecular formula is Cl4Li-3. The van der Waals surface area contributed by atoms with Crippen LogP contribution in [-0.4, -0.2) is 0 Å². The van der Waals surface area contributed by atoms with Gasteiger partial charge in [-0.25, -0.2) is 0 Å². The molecule has 0 heterocycles. The second kappa shape index (κ2) is 42.2. The van der Waals surface area contributed by atoms with Crippen molar-refractivity contribution < 1.29 is 68.5 Å². The molecule has 0 fully saturated rings. The third kappa shape index (κ3) is 26.3. The van der Waals surface area contributed by atoms with Crippen LogP contribution in [0.3, 0.4) is 0 Å². The van der Waals surface area contributed by atoms with Crippen molar-refractivity contribution in [1.29, 1.82) is 0 Å². The summed E-state index contributed by atoms with van der Waals surface area (Å²) in [5.41, 5.74) is 0. The summed E-state index contributed by atoms with van der Waals surface area (Å²) in [6.07, 6.45) is 0. The molecule has 0 aromatic rings. The fourth-order valence-electron chi connectivity index (χ4n) is 0. The molecule has 0 aliphatic heterocycles. The van der Waals surface area contributed by atoms with Crippen molar-refractivity contribution in [2.45, 2.75) is 0 Å². The predicted molar refractivity (Wildman–Crippen MR) is 0 cm³/mol. The monoisotopic (exact) mass is 147 g/mol. The van der Waals surface area contributed by atoms with Crippen LogP contribution in [0.4, 0.5) is 0 Å². The zero-order valence-electron chi connectivity index (χ0n) is 2.51. The SMILES string of the molecule is [Cl-].[Cl-].[Cl-].[Cl-].[Li+]. The van der Waals surface area contributed by atoms with Gasteiger partial charge < -0.3 is 49.6 Å². The van der Waals surface area contributed by atoms with E-state index in [1.54, 1.807) is 0 Å². The standard InChI is InChI=1S/4ClH.Li/h4*1H;/q;;;;+1/p-4. The summed E-state index contributed by atoms with van der Waals surface area (Å²) in [7, 11) is 0. The molecule has 0 rings (SSSR count). The van der Waals surface area contributed by atoms with Crippen LogP contribution in [0.1, 0.15) is 0 Å². The van der Waals surface area contributed by atoms with Crippen molar-refractivity contribution in [2.24, 2.45) is 0 Å². The van der Waals surface area contributed by atoms with Crippen molar-refractivity contribution in [2.75, 3.05) is 0 Å². The molecule has 0 atom stereocenters. The third-order valence-corrected chi connectivity index (χ3v) is 0. The van der Waals surface area contributed by atoms with E-state index < -0.39 is 0 Å². The fourth-order valence-corrected chi connectivity index (χ4v) is 0. The molecule has 0 aromatic carbocycles. The first kappa shape index (κ1) is 72.5. The average Bonchev–Trinajstić information content (AvgIpc) is 0. The molecule has 0 aliphatic carbocycles. The molecule has 0 radical (unpaired) electrons. The van der Waals surface area contributed by atoms with Gasteiger partial charge in [-0.05, 0) is 0 Å². The van der Waals surface area contributed by atoms with Gasteiger partial charge in [-0.3, -0.25) is 0 Å². The van der Waals surface area contributed by atoms with E-state index >= 15 is 0 Å². The van der Waals surface area contributed by atoms with E-state index in [2.05, 4.69) is 0 Å². The minimum atomic E-state index is 0. The Kier molecular flexibility index (Phi) is 612. The molecule has 0 unspecified atom stereocenters. The molecule has 0 saturated heterocycles. The predicted octanol–water partition coefficient (Wildman–Crippen LogP) is -15.0. The Morgan fingerprint density at radius 1 is 0.400 bits per heavy atom. The molecule has 5 heavy (non-hydrogen) atoms.